The molecule has 0 aliphatic carbocycles. The van der Waals surface area contributed by atoms with Gasteiger partial charge in [0, 0.05) is 16.3 Å². The first kappa shape index (κ1) is 21.7. The number of carbonyl (C=O) groups is 1. The van der Waals surface area contributed by atoms with Crippen LogP contribution in [0.15, 0.2) is 71.6 Å². The van der Waals surface area contributed by atoms with Crippen LogP contribution < -0.4 is 10.5 Å². The van der Waals surface area contributed by atoms with Gasteiger partial charge in [0.25, 0.3) is 10.0 Å². The van der Waals surface area contributed by atoms with E-state index in [-0.39, 0.29) is 21.7 Å². The monoisotopic (exact) mass is 471 g/mol. The molecule has 1 aromatic heterocycles. The van der Waals surface area contributed by atoms with Crippen LogP contribution >= 0.6 is 11.6 Å². The number of hydrogen-bond donors (Lipinski definition) is 2. The number of nitrogens with two attached hydrogens (primary N) is 1. The van der Waals surface area contributed by atoms with Gasteiger partial charge in [0.15, 0.2) is 0 Å². The lowest BCUT2D eigenvalue weighted by Crippen LogP contribution is -2.19. The number of aliphatic carboxylic acids is 1. The van der Waals surface area contributed by atoms with Crippen LogP contribution in [0.3, 0.4) is 0 Å². The quantitative estimate of drug-likeness (QED) is 0.407. The highest BCUT2D eigenvalue weighted by Gasteiger charge is 2.28. The van der Waals surface area contributed by atoms with E-state index in [4.69, 9.17) is 22.1 Å². The van der Waals surface area contributed by atoms with Crippen molar-refractivity contribution in [3.63, 3.8) is 0 Å². The second-order valence-corrected chi connectivity index (χ2v) is 9.33. The first-order chi connectivity index (χ1) is 15.2. The van der Waals surface area contributed by atoms with Gasteiger partial charge >= 0.3 is 5.97 Å². The minimum absolute atomic E-state index is 0.0309. The Morgan fingerprint density at radius 2 is 1.75 bits per heavy atom. The molecule has 0 aliphatic heterocycles. The number of aryl methyl sites for hydroxylation is 1. The summed E-state index contributed by atoms with van der Waals surface area (Å²) in [7, 11) is -4.08. The fourth-order valence-electron chi connectivity index (χ4n) is 3.17. The van der Waals surface area contributed by atoms with Crippen molar-refractivity contribution in [2.45, 2.75) is 17.9 Å². The van der Waals surface area contributed by atoms with Gasteiger partial charge in [-0.2, -0.15) is 8.42 Å². The summed E-state index contributed by atoms with van der Waals surface area (Å²) in [4.78, 5) is 11.9. The maximum atomic E-state index is 13.3. The van der Waals surface area contributed by atoms with Crippen molar-refractivity contribution in [1.82, 2.24) is 9.19 Å². The largest absolute Gasteiger partial charge is 0.478 e. The lowest BCUT2D eigenvalue weighted by Gasteiger charge is -2.14. The van der Waals surface area contributed by atoms with Crippen LogP contribution in [0.25, 0.3) is 10.9 Å². The van der Waals surface area contributed by atoms with Gasteiger partial charge < -0.3 is 15.6 Å². The van der Waals surface area contributed by atoms with Crippen molar-refractivity contribution < 1.29 is 23.1 Å². The van der Waals surface area contributed by atoms with Crippen LogP contribution in [0.4, 0.5) is 5.69 Å². The number of nitrogens with zero attached hydrogens (tertiary/aromatic N) is 2. The van der Waals surface area contributed by atoms with E-state index in [1.54, 1.807) is 12.1 Å². The Bertz CT molecular complexity index is 1410. The summed E-state index contributed by atoms with van der Waals surface area (Å²) in [6.45, 7) is 1.84. The smallest absolute Gasteiger partial charge is 0.349 e. The third-order valence-corrected chi connectivity index (χ3v) is 6.67. The van der Waals surface area contributed by atoms with E-state index in [1.165, 1.54) is 54.6 Å². The van der Waals surface area contributed by atoms with Gasteiger partial charge in [0.1, 0.15) is 0 Å². The van der Waals surface area contributed by atoms with E-state index in [1.807, 2.05) is 6.92 Å². The number of halogens is 1. The fourth-order valence-corrected chi connectivity index (χ4v) is 4.58. The molecule has 8 nitrogen and oxygen atoms in total. The molecule has 3 N–H and O–H groups in total. The minimum Gasteiger partial charge on any atom is -0.478 e. The topological polar surface area (TPSA) is 125 Å². The summed E-state index contributed by atoms with van der Waals surface area (Å²) in [5.74, 6) is -1.45. The normalized spacial score (nSPS) is 12.6. The van der Waals surface area contributed by atoms with Crippen LogP contribution in [0.2, 0.25) is 5.02 Å². The summed E-state index contributed by atoms with van der Waals surface area (Å²) in [5, 5.41) is 14.5. The minimum atomic E-state index is -4.08. The zero-order chi connectivity index (χ0) is 23.0. The number of carboxylic acids is 1. The standard InChI is InChI=1S/C22H18ClN3O5S/c1-13-2-9-17(10-3-13)32(29,30)26-19-11-8-16(24)12-18(19)21(25-26)31-20(22(27)28)14-4-6-15(23)7-5-14/h2-12,20H,24H2,1H3,(H,27,28). The Balaban J connectivity index is 1.85. The maximum Gasteiger partial charge on any atom is 0.349 e. The second-order valence-electron chi connectivity index (χ2n) is 7.13. The predicted octanol–water partition coefficient (Wildman–Crippen LogP) is 4.02. The lowest BCUT2D eigenvalue weighted by atomic mass is 10.1. The average molecular weight is 472 g/mol. The molecule has 0 radical (unpaired) electrons. The number of anilines is 1. The summed E-state index contributed by atoms with van der Waals surface area (Å²) in [6.07, 6.45) is -1.44. The van der Waals surface area contributed by atoms with Gasteiger partial charge in [-0.3, -0.25) is 0 Å². The zero-order valence-electron chi connectivity index (χ0n) is 16.8. The van der Waals surface area contributed by atoms with E-state index in [9.17, 15) is 18.3 Å². The Morgan fingerprint density at radius 3 is 2.38 bits per heavy atom. The molecule has 164 valence electrons. The molecule has 0 bridgehead atoms. The number of hydrogen-bond acceptors (Lipinski definition) is 6. The molecule has 4 rings (SSSR count). The lowest BCUT2D eigenvalue weighted by molar-refractivity contribution is -0.145. The predicted molar refractivity (Wildman–Crippen MR) is 120 cm³/mol. The van der Waals surface area contributed by atoms with Crippen LogP contribution in [-0.4, -0.2) is 28.7 Å². The summed E-state index contributed by atoms with van der Waals surface area (Å²) in [6, 6.07) is 16.9. The van der Waals surface area contributed by atoms with E-state index < -0.39 is 22.1 Å². The average Bonchev–Trinajstić information content (AvgIpc) is 3.11. The first-order valence-corrected chi connectivity index (χ1v) is 11.2. The zero-order valence-corrected chi connectivity index (χ0v) is 18.3. The van der Waals surface area contributed by atoms with Gasteiger partial charge in [0.2, 0.25) is 12.0 Å². The van der Waals surface area contributed by atoms with E-state index in [2.05, 4.69) is 5.10 Å². The second kappa shape index (κ2) is 8.18. The molecule has 32 heavy (non-hydrogen) atoms. The number of carboxylic acid groups (broad SMARTS) is 1. The molecule has 0 saturated heterocycles. The molecular formula is C22H18ClN3O5S. The van der Waals surface area contributed by atoms with Gasteiger partial charge in [-0.25, -0.2) is 4.79 Å². The first-order valence-electron chi connectivity index (χ1n) is 9.42. The van der Waals surface area contributed by atoms with Crippen molar-refractivity contribution in [3.05, 3.63) is 82.9 Å². The Hall–Kier alpha value is -3.56. The fraction of sp³-hybridized carbons (Fsp3) is 0.0909. The van der Waals surface area contributed by atoms with Gasteiger partial charge in [0.05, 0.1) is 15.8 Å². The highest BCUT2D eigenvalue weighted by atomic mass is 35.5. The summed E-state index contributed by atoms with van der Waals surface area (Å²) < 4.78 is 33.1. The third kappa shape index (κ3) is 4.00. The summed E-state index contributed by atoms with van der Waals surface area (Å²) >= 11 is 5.89. The number of ether oxygens (including phenoxy) is 1. The third-order valence-electron chi connectivity index (χ3n) is 4.81. The van der Waals surface area contributed by atoms with Crippen molar-refractivity contribution in [2.75, 3.05) is 5.73 Å². The molecule has 3 aromatic carbocycles. The van der Waals surface area contributed by atoms with Gasteiger partial charge in [-0.05, 0) is 49.4 Å². The number of nitrogen functional groups attached to an aromatic ring is 1. The molecule has 10 heteroatoms. The SMILES string of the molecule is Cc1ccc(S(=O)(=O)n2nc(OC(C(=O)O)c3ccc(Cl)cc3)c3cc(N)ccc32)cc1. The van der Waals surface area contributed by atoms with Crippen molar-refractivity contribution >= 4 is 44.2 Å². The number of rotatable bonds is 6. The summed E-state index contributed by atoms with van der Waals surface area (Å²) in [5.41, 5.74) is 7.64. The molecule has 4 aromatic rings. The van der Waals surface area contributed by atoms with Gasteiger partial charge in [-0.1, -0.05) is 41.4 Å². The van der Waals surface area contributed by atoms with E-state index >= 15 is 0 Å². The van der Waals surface area contributed by atoms with Crippen molar-refractivity contribution in [1.29, 1.82) is 0 Å². The highest BCUT2D eigenvalue weighted by molar-refractivity contribution is 7.90. The number of aromatic nitrogens is 2. The molecular weight excluding hydrogens is 454 g/mol. The Kier molecular flexibility index (Phi) is 5.53. The maximum absolute atomic E-state index is 13.3. The van der Waals surface area contributed by atoms with Crippen LogP contribution in [-0.2, 0) is 14.8 Å². The number of benzene rings is 3. The highest BCUT2D eigenvalue weighted by Crippen LogP contribution is 2.33. The van der Waals surface area contributed by atoms with Crippen LogP contribution in [0.5, 0.6) is 5.88 Å². The van der Waals surface area contributed by atoms with E-state index in [0.29, 0.717) is 16.3 Å². The number of fused-ring (bicyclic) bond motifs is 1. The van der Waals surface area contributed by atoms with Crippen molar-refractivity contribution in [2.24, 2.45) is 0 Å². The Labute approximate surface area is 188 Å². The molecule has 1 heterocycles. The van der Waals surface area contributed by atoms with Crippen molar-refractivity contribution in [3.8, 4) is 5.88 Å². The van der Waals surface area contributed by atoms with Gasteiger partial charge in [-0.15, -0.1) is 9.19 Å². The van der Waals surface area contributed by atoms with E-state index in [0.717, 1.165) is 9.65 Å². The molecule has 0 spiro atoms. The molecule has 0 fully saturated rings. The molecule has 0 amide bonds. The molecule has 1 unspecified atom stereocenters. The molecule has 1 atom stereocenters. The Morgan fingerprint density at radius 1 is 1.09 bits per heavy atom. The van der Waals surface area contributed by atoms with Crippen LogP contribution in [0, 0.1) is 6.92 Å². The molecule has 0 aliphatic rings. The molecule has 0 saturated carbocycles. The van der Waals surface area contributed by atoms with Crippen LogP contribution in [0.1, 0.15) is 17.2 Å².